The zero-order valence-electron chi connectivity index (χ0n) is 12.7. The van der Waals surface area contributed by atoms with Gasteiger partial charge in [-0.3, -0.25) is 4.90 Å². The number of hydrogen-bond acceptors (Lipinski definition) is 2. The number of rotatable bonds is 4. The minimum atomic E-state index is 0.315. The highest BCUT2D eigenvalue weighted by atomic mass is 15.1. The van der Waals surface area contributed by atoms with Crippen molar-refractivity contribution in [3.05, 3.63) is 60.2 Å². The molecule has 0 saturated carbocycles. The van der Waals surface area contributed by atoms with Gasteiger partial charge in [0, 0.05) is 19.1 Å². The fourth-order valence-corrected chi connectivity index (χ4v) is 3.13. The summed E-state index contributed by atoms with van der Waals surface area (Å²) in [4.78, 5) is 2.52. The highest BCUT2D eigenvalue weighted by Gasteiger charge is 2.24. The molecule has 1 fully saturated rings. The second kappa shape index (κ2) is 6.42. The zero-order chi connectivity index (χ0) is 14.7. The van der Waals surface area contributed by atoms with Crippen molar-refractivity contribution in [3.63, 3.8) is 0 Å². The van der Waals surface area contributed by atoms with Crippen molar-refractivity contribution in [3.8, 4) is 11.1 Å². The summed E-state index contributed by atoms with van der Waals surface area (Å²) in [5.41, 5.74) is 9.97. The average Bonchev–Trinajstić information content (AvgIpc) is 2.98. The topological polar surface area (TPSA) is 29.3 Å². The molecule has 0 aromatic heterocycles. The second-order valence-corrected chi connectivity index (χ2v) is 6.21. The van der Waals surface area contributed by atoms with Crippen molar-refractivity contribution in [2.45, 2.75) is 25.9 Å². The molecule has 2 unspecified atom stereocenters. The maximum atomic E-state index is 6.01. The summed E-state index contributed by atoms with van der Waals surface area (Å²) in [6.45, 7) is 5.48. The van der Waals surface area contributed by atoms with Crippen molar-refractivity contribution < 1.29 is 0 Å². The van der Waals surface area contributed by atoms with Crippen LogP contribution in [0.15, 0.2) is 54.6 Å². The van der Waals surface area contributed by atoms with Gasteiger partial charge in [0.15, 0.2) is 0 Å². The third-order valence-electron chi connectivity index (χ3n) is 4.52. The van der Waals surface area contributed by atoms with Gasteiger partial charge in [-0.25, -0.2) is 0 Å². The predicted octanol–water partition coefficient (Wildman–Crippen LogP) is 3.52. The monoisotopic (exact) mass is 280 g/mol. The number of nitrogens with two attached hydrogens (primary N) is 1. The summed E-state index contributed by atoms with van der Waals surface area (Å²) in [5.74, 6) is 0.661. The van der Waals surface area contributed by atoms with Crippen LogP contribution >= 0.6 is 0 Å². The molecule has 1 aliphatic heterocycles. The van der Waals surface area contributed by atoms with Gasteiger partial charge < -0.3 is 5.73 Å². The Kier molecular flexibility index (Phi) is 4.37. The Morgan fingerprint density at radius 2 is 1.71 bits per heavy atom. The molecule has 1 aliphatic rings. The molecule has 0 bridgehead atoms. The molecule has 2 aromatic carbocycles. The minimum Gasteiger partial charge on any atom is -0.328 e. The SMILES string of the molecule is CC(N)C1CCN(Cc2ccc(-c3ccccc3)cc2)C1. The predicted molar refractivity (Wildman–Crippen MR) is 88.9 cm³/mol. The van der Waals surface area contributed by atoms with E-state index in [0.29, 0.717) is 12.0 Å². The van der Waals surface area contributed by atoms with E-state index in [1.54, 1.807) is 0 Å². The molecule has 1 saturated heterocycles. The van der Waals surface area contributed by atoms with E-state index < -0.39 is 0 Å². The molecule has 1 heterocycles. The average molecular weight is 280 g/mol. The van der Waals surface area contributed by atoms with Crippen molar-refractivity contribution in [2.24, 2.45) is 11.7 Å². The molecule has 2 atom stereocenters. The lowest BCUT2D eigenvalue weighted by Crippen LogP contribution is -2.29. The molecule has 0 spiro atoms. The standard InChI is InChI=1S/C19H24N2/c1-15(20)19-11-12-21(14-19)13-16-7-9-18(10-8-16)17-5-3-2-4-6-17/h2-10,15,19H,11-14,20H2,1H3. The van der Waals surface area contributed by atoms with Gasteiger partial charge in [0.05, 0.1) is 0 Å². The molecule has 2 N–H and O–H groups in total. The number of benzene rings is 2. The van der Waals surface area contributed by atoms with Crippen LogP contribution < -0.4 is 5.73 Å². The molecular formula is C19H24N2. The van der Waals surface area contributed by atoms with E-state index in [9.17, 15) is 0 Å². The van der Waals surface area contributed by atoms with Gasteiger partial charge in [-0.15, -0.1) is 0 Å². The molecule has 0 amide bonds. The largest absolute Gasteiger partial charge is 0.328 e. The summed E-state index contributed by atoms with van der Waals surface area (Å²) in [7, 11) is 0. The summed E-state index contributed by atoms with van der Waals surface area (Å²) < 4.78 is 0. The van der Waals surface area contributed by atoms with Gasteiger partial charge >= 0.3 is 0 Å². The van der Waals surface area contributed by atoms with E-state index in [2.05, 4.69) is 66.4 Å². The first kappa shape index (κ1) is 14.3. The van der Waals surface area contributed by atoms with Gasteiger partial charge in [-0.1, -0.05) is 54.6 Å². The lowest BCUT2D eigenvalue weighted by Gasteiger charge is -2.18. The fraction of sp³-hybridized carbons (Fsp3) is 0.368. The third kappa shape index (κ3) is 3.52. The van der Waals surface area contributed by atoms with Crippen LogP contribution in [0.25, 0.3) is 11.1 Å². The van der Waals surface area contributed by atoms with E-state index in [1.165, 1.54) is 29.7 Å². The molecule has 2 aromatic rings. The smallest absolute Gasteiger partial charge is 0.0233 e. The van der Waals surface area contributed by atoms with E-state index in [1.807, 2.05) is 0 Å². The molecule has 0 aliphatic carbocycles. The van der Waals surface area contributed by atoms with Crippen LogP contribution in [0.2, 0.25) is 0 Å². The van der Waals surface area contributed by atoms with Crippen molar-refractivity contribution in [1.29, 1.82) is 0 Å². The van der Waals surface area contributed by atoms with Crippen molar-refractivity contribution >= 4 is 0 Å². The van der Waals surface area contributed by atoms with E-state index in [0.717, 1.165) is 13.1 Å². The van der Waals surface area contributed by atoms with E-state index >= 15 is 0 Å². The van der Waals surface area contributed by atoms with Crippen LogP contribution in [0.1, 0.15) is 18.9 Å². The molecule has 2 heteroatoms. The summed E-state index contributed by atoms with van der Waals surface area (Å²) >= 11 is 0. The zero-order valence-corrected chi connectivity index (χ0v) is 12.7. The Labute approximate surface area is 127 Å². The highest BCUT2D eigenvalue weighted by molar-refractivity contribution is 5.63. The van der Waals surface area contributed by atoms with Crippen LogP contribution in [0, 0.1) is 5.92 Å². The third-order valence-corrected chi connectivity index (χ3v) is 4.52. The first-order chi connectivity index (χ1) is 10.2. The second-order valence-electron chi connectivity index (χ2n) is 6.21. The Bertz CT molecular complexity index is 560. The lowest BCUT2D eigenvalue weighted by molar-refractivity contribution is 0.308. The molecule has 2 nitrogen and oxygen atoms in total. The number of hydrogen-bond donors (Lipinski definition) is 1. The molecule has 3 rings (SSSR count). The lowest BCUT2D eigenvalue weighted by atomic mass is 10.0. The van der Waals surface area contributed by atoms with Crippen LogP contribution in [-0.4, -0.2) is 24.0 Å². The van der Waals surface area contributed by atoms with Gasteiger partial charge in [0.25, 0.3) is 0 Å². The summed E-state index contributed by atoms with van der Waals surface area (Å²) in [6.07, 6.45) is 1.24. The molecule has 21 heavy (non-hydrogen) atoms. The molecular weight excluding hydrogens is 256 g/mol. The first-order valence-corrected chi connectivity index (χ1v) is 7.84. The van der Waals surface area contributed by atoms with Crippen molar-refractivity contribution in [1.82, 2.24) is 4.90 Å². The Morgan fingerprint density at radius 3 is 2.33 bits per heavy atom. The van der Waals surface area contributed by atoms with Gasteiger partial charge in [0.2, 0.25) is 0 Å². The quantitative estimate of drug-likeness (QED) is 0.928. The van der Waals surface area contributed by atoms with E-state index in [-0.39, 0.29) is 0 Å². The summed E-state index contributed by atoms with van der Waals surface area (Å²) in [5, 5.41) is 0. The van der Waals surface area contributed by atoms with Gasteiger partial charge in [-0.2, -0.15) is 0 Å². The molecule has 110 valence electrons. The maximum absolute atomic E-state index is 6.01. The molecule has 0 radical (unpaired) electrons. The van der Waals surface area contributed by atoms with Crippen LogP contribution in [0.3, 0.4) is 0 Å². The van der Waals surface area contributed by atoms with Gasteiger partial charge in [0.1, 0.15) is 0 Å². The maximum Gasteiger partial charge on any atom is 0.0233 e. The fourth-order valence-electron chi connectivity index (χ4n) is 3.13. The number of nitrogens with zero attached hydrogens (tertiary/aromatic N) is 1. The minimum absolute atomic E-state index is 0.315. The van der Waals surface area contributed by atoms with Gasteiger partial charge in [-0.05, 0) is 42.5 Å². The highest BCUT2D eigenvalue weighted by Crippen LogP contribution is 2.23. The van der Waals surface area contributed by atoms with Crippen LogP contribution in [0.4, 0.5) is 0 Å². The Hall–Kier alpha value is -1.64. The van der Waals surface area contributed by atoms with Crippen LogP contribution in [-0.2, 0) is 6.54 Å². The normalized spacial score (nSPS) is 20.6. The first-order valence-electron chi connectivity index (χ1n) is 7.84. The number of likely N-dealkylation sites (tertiary alicyclic amines) is 1. The van der Waals surface area contributed by atoms with Crippen LogP contribution in [0.5, 0.6) is 0 Å². The Balaban J connectivity index is 1.63. The van der Waals surface area contributed by atoms with E-state index in [4.69, 9.17) is 5.73 Å². The summed E-state index contributed by atoms with van der Waals surface area (Å²) in [6, 6.07) is 19.8. The Morgan fingerprint density at radius 1 is 1.05 bits per heavy atom. The van der Waals surface area contributed by atoms with Crippen molar-refractivity contribution in [2.75, 3.05) is 13.1 Å².